The van der Waals surface area contributed by atoms with Crippen LogP contribution >= 0.6 is 0 Å². The molecule has 1 heterocycles. The molecule has 1 aromatic heterocycles. The molecule has 0 bridgehead atoms. The summed E-state index contributed by atoms with van der Waals surface area (Å²) in [5, 5.41) is 7.23. The summed E-state index contributed by atoms with van der Waals surface area (Å²) < 4.78 is 11.2. The lowest BCUT2D eigenvalue weighted by Gasteiger charge is -2.19. The Bertz CT molecular complexity index is 1110. The summed E-state index contributed by atoms with van der Waals surface area (Å²) in [6.07, 6.45) is 1.01. The van der Waals surface area contributed by atoms with Gasteiger partial charge < -0.3 is 19.5 Å². The molecule has 3 aromatic rings. The Hall–Kier alpha value is -3.68. The zero-order valence-corrected chi connectivity index (χ0v) is 19.0. The van der Waals surface area contributed by atoms with E-state index in [2.05, 4.69) is 15.5 Å². The van der Waals surface area contributed by atoms with Crippen molar-refractivity contribution in [3.8, 4) is 17.1 Å². The number of carbonyl (C=O) groups is 2. The van der Waals surface area contributed by atoms with E-state index in [0.29, 0.717) is 42.5 Å². The van der Waals surface area contributed by atoms with Crippen LogP contribution in [0.15, 0.2) is 59.1 Å². The molecule has 2 aromatic carbocycles. The van der Waals surface area contributed by atoms with Crippen LogP contribution in [0, 0.1) is 5.92 Å². The summed E-state index contributed by atoms with van der Waals surface area (Å²) in [6.45, 7) is 2.33. The second kappa shape index (κ2) is 9.85. The minimum absolute atomic E-state index is 0.0225. The maximum atomic E-state index is 13.2. The fourth-order valence-corrected chi connectivity index (χ4v) is 4.31. The van der Waals surface area contributed by atoms with Gasteiger partial charge in [-0.3, -0.25) is 9.59 Å². The van der Waals surface area contributed by atoms with Gasteiger partial charge in [0.15, 0.2) is 0 Å². The normalized spacial score (nSPS) is 19.8. The van der Waals surface area contributed by atoms with Crippen molar-refractivity contribution >= 4 is 11.8 Å². The van der Waals surface area contributed by atoms with Crippen LogP contribution in [0.1, 0.15) is 41.9 Å². The SMILES string of the molecule is CCOc1ccccc1C(=O)N[C@H]1C[C@H](C(=O)N(C)C)C[C@H]1c1nc(-c2ccccc2)no1. The monoisotopic (exact) mass is 448 g/mol. The van der Waals surface area contributed by atoms with E-state index >= 15 is 0 Å². The second-order valence-electron chi connectivity index (χ2n) is 8.34. The van der Waals surface area contributed by atoms with Crippen molar-refractivity contribution in [1.82, 2.24) is 20.4 Å². The number of nitrogens with zero attached hydrogens (tertiary/aromatic N) is 3. The van der Waals surface area contributed by atoms with Crippen LogP contribution in [-0.2, 0) is 4.79 Å². The van der Waals surface area contributed by atoms with Gasteiger partial charge in [0.05, 0.1) is 18.1 Å². The molecule has 1 N–H and O–H groups in total. The highest BCUT2D eigenvalue weighted by atomic mass is 16.5. The maximum Gasteiger partial charge on any atom is 0.255 e. The number of nitrogens with one attached hydrogen (secondary N) is 1. The van der Waals surface area contributed by atoms with Crippen LogP contribution < -0.4 is 10.1 Å². The Labute approximate surface area is 192 Å². The van der Waals surface area contributed by atoms with Crippen LogP contribution in [0.4, 0.5) is 0 Å². The van der Waals surface area contributed by atoms with Gasteiger partial charge in [-0.05, 0) is 31.9 Å². The average molecular weight is 449 g/mol. The van der Waals surface area contributed by atoms with Gasteiger partial charge in [-0.1, -0.05) is 47.6 Å². The third-order valence-corrected chi connectivity index (χ3v) is 5.89. The molecule has 0 radical (unpaired) electrons. The first-order valence-electron chi connectivity index (χ1n) is 11.1. The lowest BCUT2D eigenvalue weighted by atomic mass is 10.0. The molecule has 0 spiro atoms. The first-order valence-corrected chi connectivity index (χ1v) is 11.1. The summed E-state index contributed by atoms with van der Waals surface area (Å²) >= 11 is 0. The van der Waals surface area contributed by atoms with Crippen molar-refractivity contribution in [1.29, 1.82) is 0 Å². The predicted octanol–water partition coefficient (Wildman–Crippen LogP) is 3.52. The summed E-state index contributed by atoms with van der Waals surface area (Å²) in [4.78, 5) is 32.1. The molecular weight excluding hydrogens is 420 g/mol. The number of ether oxygens (including phenoxy) is 1. The Kier molecular flexibility index (Phi) is 6.72. The molecule has 3 atom stereocenters. The van der Waals surface area contributed by atoms with Crippen LogP contribution in [0.25, 0.3) is 11.4 Å². The molecule has 8 nitrogen and oxygen atoms in total. The van der Waals surface area contributed by atoms with E-state index in [1.807, 2.05) is 43.3 Å². The fourth-order valence-electron chi connectivity index (χ4n) is 4.31. The second-order valence-corrected chi connectivity index (χ2v) is 8.34. The van der Waals surface area contributed by atoms with Crippen molar-refractivity contribution in [2.45, 2.75) is 31.7 Å². The van der Waals surface area contributed by atoms with E-state index in [9.17, 15) is 9.59 Å². The highest BCUT2D eigenvalue weighted by molar-refractivity contribution is 5.97. The quantitative estimate of drug-likeness (QED) is 0.594. The molecule has 33 heavy (non-hydrogen) atoms. The lowest BCUT2D eigenvalue weighted by Crippen LogP contribution is -2.37. The van der Waals surface area contributed by atoms with Gasteiger partial charge in [0.1, 0.15) is 5.75 Å². The number of hydrogen-bond donors (Lipinski definition) is 1. The van der Waals surface area contributed by atoms with Crippen LogP contribution in [-0.4, -0.2) is 53.6 Å². The topological polar surface area (TPSA) is 97.6 Å². The van der Waals surface area contributed by atoms with Crippen molar-refractivity contribution in [2.75, 3.05) is 20.7 Å². The summed E-state index contributed by atoms with van der Waals surface area (Å²) in [5.41, 5.74) is 1.30. The van der Waals surface area contributed by atoms with E-state index < -0.39 is 0 Å². The zero-order valence-electron chi connectivity index (χ0n) is 19.0. The van der Waals surface area contributed by atoms with Gasteiger partial charge >= 0.3 is 0 Å². The first-order chi connectivity index (χ1) is 16.0. The van der Waals surface area contributed by atoms with Gasteiger partial charge in [0, 0.05) is 31.6 Å². The van der Waals surface area contributed by atoms with Crippen molar-refractivity contribution < 1.29 is 18.8 Å². The Morgan fingerprint density at radius 3 is 2.55 bits per heavy atom. The highest BCUT2D eigenvalue weighted by Gasteiger charge is 2.43. The van der Waals surface area contributed by atoms with Crippen LogP contribution in [0.5, 0.6) is 5.75 Å². The highest BCUT2D eigenvalue weighted by Crippen LogP contribution is 2.39. The van der Waals surface area contributed by atoms with E-state index in [1.165, 1.54) is 0 Å². The number of amides is 2. The van der Waals surface area contributed by atoms with E-state index in [0.717, 1.165) is 5.56 Å². The van der Waals surface area contributed by atoms with E-state index in [1.54, 1.807) is 37.2 Å². The summed E-state index contributed by atoms with van der Waals surface area (Å²) in [6, 6.07) is 16.4. The Balaban J connectivity index is 1.60. The first kappa shape index (κ1) is 22.5. The third-order valence-electron chi connectivity index (χ3n) is 5.89. The van der Waals surface area contributed by atoms with Gasteiger partial charge in [0.25, 0.3) is 5.91 Å². The third kappa shape index (κ3) is 4.89. The molecule has 172 valence electrons. The zero-order chi connectivity index (χ0) is 23.4. The van der Waals surface area contributed by atoms with Crippen LogP contribution in [0.3, 0.4) is 0 Å². The molecule has 0 aliphatic heterocycles. The molecule has 8 heteroatoms. The number of rotatable bonds is 7. The molecule has 1 fully saturated rings. The molecular formula is C25H28N4O4. The molecule has 4 rings (SSSR count). The standard InChI is InChI=1S/C25H28N4O4/c1-4-32-21-13-9-8-12-18(21)23(30)26-20-15-17(25(31)29(2)3)14-19(20)24-27-22(28-33-24)16-10-6-5-7-11-16/h5-13,17,19-20H,4,14-15H2,1-3H3,(H,26,30)/t17-,19-,20+/m1/s1. The van der Waals surface area contributed by atoms with Crippen molar-refractivity contribution in [3.63, 3.8) is 0 Å². The van der Waals surface area contributed by atoms with E-state index in [-0.39, 0.29) is 29.7 Å². The predicted molar refractivity (Wildman–Crippen MR) is 123 cm³/mol. The number of hydrogen-bond acceptors (Lipinski definition) is 6. The van der Waals surface area contributed by atoms with Crippen LogP contribution in [0.2, 0.25) is 0 Å². The number of para-hydroxylation sites is 1. The van der Waals surface area contributed by atoms with Crippen molar-refractivity contribution in [3.05, 3.63) is 66.1 Å². The Morgan fingerprint density at radius 1 is 1.09 bits per heavy atom. The lowest BCUT2D eigenvalue weighted by molar-refractivity contribution is -0.132. The minimum atomic E-state index is -0.329. The summed E-state index contributed by atoms with van der Waals surface area (Å²) in [7, 11) is 3.48. The molecule has 1 aliphatic rings. The van der Waals surface area contributed by atoms with Gasteiger partial charge in [-0.15, -0.1) is 0 Å². The minimum Gasteiger partial charge on any atom is -0.493 e. The molecule has 0 unspecified atom stereocenters. The van der Waals surface area contributed by atoms with Gasteiger partial charge in [0.2, 0.25) is 17.6 Å². The number of benzene rings is 2. The molecule has 0 saturated heterocycles. The number of aromatic nitrogens is 2. The fraction of sp³-hybridized carbons (Fsp3) is 0.360. The maximum absolute atomic E-state index is 13.2. The smallest absolute Gasteiger partial charge is 0.255 e. The molecule has 1 saturated carbocycles. The molecule has 2 amide bonds. The molecule has 1 aliphatic carbocycles. The Morgan fingerprint density at radius 2 is 1.82 bits per heavy atom. The van der Waals surface area contributed by atoms with Gasteiger partial charge in [-0.25, -0.2) is 0 Å². The van der Waals surface area contributed by atoms with Crippen molar-refractivity contribution in [2.24, 2.45) is 5.92 Å². The van der Waals surface area contributed by atoms with E-state index in [4.69, 9.17) is 9.26 Å². The summed E-state index contributed by atoms with van der Waals surface area (Å²) in [5.74, 6) is 0.684. The average Bonchev–Trinajstić information content (AvgIpc) is 3.47. The number of carbonyl (C=O) groups excluding carboxylic acids is 2. The van der Waals surface area contributed by atoms with Gasteiger partial charge in [-0.2, -0.15) is 4.98 Å². The largest absolute Gasteiger partial charge is 0.493 e.